The summed E-state index contributed by atoms with van der Waals surface area (Å²) in [6.07, 6.45) is 1.81. The van der Waals surface area contributed by atoms with Crippen LogP contribution >= 0.6 is 0 Å². The highest BCUT2D eigenvalue weighted by Gasteiger charge is 2.01. The van der Waals surface area contributed by atoms with E-state index in [2.05, 4.69) is 24.2 Å². The van der Waals surface area contributed by atoms with Gasteiger partial charge < -0.3 is 4.74 Å². The van der Waals surface area contributed by atoms with Crippen LogP contribution in [0.1, 0.15) is 13.8 Å². The fourth-order valence-corrected chi connectivity index (χ4v) is 1.01. The Morgan fingerprint density at radius 1 is 1.44 bits per heavy atom. The van der Waals surface area contributed by atoms with Crippen molar-refractivity contribution >= 4 is 6.02 Å². The second kappa shape index (κ2) is 6.46. The van der Waals surface area contributed by atoms with Crippen LogP contribution in [-0.4, -0.2) is 12.6 Å². The maximum atomic E-state index is 8.56. The largest absolute Gasteiger partial charge is 0.425 e. The molecule has 1 N–H and O–H groups in total. The molecule has 0 aliphatic rings. The number of para-hydroxylation sites is 1. The standard InChI is InChI=1S/C12H15N3O/c1-10(2)8-14-12(15-9-13)16-11-6-4-3-5-7-11/h3-7,10H,8H2,1-2H3,(H,14,15). The number of amidine groups is 1. The molecule has 0 unspecified atom stereocenters. The van der Waals surface area contributed by atoms with Crippen molar-refractivity contribution in [1.82, 2.24) is 5.32 Å². The zero-order valence-electron chi connectivity index (χ0n) is 9.47. The Labute approximate surface area is 95.6 Å². The number of hydrogen-bond donors (Lipinski definition) is 1. The first-order valence-corrected chi connectivity index (χ1v) is 5.15. The van der Waals surface area contributed by atoms with Gasteiger partial charge in [0.25, 0.3) is 0 Å². The van der Waals surface area contributed by atoms with Crippen LogP contribution in [0.25, 0.3) is 0 Å². The van der Waals surface area contributed by atoms with Gasteiger partial charge in [-0.05, 0) is 18.1 Å². The molecule has 0 aromatic heterocycles. The molecule has 0 atom stereocenters. The number of nitrogens with zero attached hydrogens (tertiary/aromatic N) is 2. The predicted molar refractivity (Wildman–Crippen MR) is 63.0 cm³/mol. The van der Waals surface area contributed by atoms with E-state index in [1.165, 1.54) is 0 Å². The summed E-state index contributed by atoms with van der Waals surface area (Å²) in [4.78, 5) is 4.17. The van der Waals surface area contributed by atoms with E-state index in [0.29, 0.717) is 18.2 Å². The Morgan fingerprint density at radius 3 is 2.69 bits per heavy atom. The average Bonchev–Trinajstić information content (AvgIpc) is 2.27. The molecule has 0 spiro atoms. The highest BCUT2D eigenvalue weighted by atomic mass is 16.5. The molecular weight excluding hydrogens is 202 g/mol. The number of aliphatic imine (C=N–C) groups is 1. The molecule has 0 bridgehead atoms. The molecule has 0 saturated carbocycles. The Balaban J connectivity index is 2.65. The molecule has 0 aliphatic heterocycles. The number of rotatable bonds is 3. The number of benzene rings is 1. The minimum atomic E-state index is 0.238. The molecule has 4 nitrogen and oxygen atoms in total. The number of nitrogens with one attached hydrogen (secondary N) is 1. The van der Waals surface area contributed by atoms with Gasteiger partial charge in [-0.1, -0.05) is 32.0 Å². The summed E-state index contributed by atoms with van der Waals surface area (Å²) in [7, 11) is 0. The summed E-state index contributed by atoms with van der Waals surface area (Å²) in [5.41, 5.74) is 0. The number of nitriles is 1. The van der Waals surface area contributed by atoms with Crippen molar-refractivity contribution in [3.63, 3.8) is 0 Å². The molecular formula is C12H15N3O. The van der Waals surface area contributed by atoms with Gasteiger partial charge in [-0.25, -0.2) is 10.3 Å². The predicted octanol–water partition coefficient (Wildman–Crippen LogP) is 2.15. The Hall–Kier alpha value is -2.02. The van der Waals surface area contributed by atoms with Crippen LogP contribution in [0.4, 0.5) is 0 Å². The molecule has 1 rings (SSSR count). The fraction of sp³-hybridized carbons (Fsp3) is 0.333. The van der Waals surface area contributed by atoms with Gasteiger partial charge in [0, 0.05) is 6.54 Å². The van der Waals surface area contributed by atoms with Gasteiger partial charge in [0.2, 0.25) is 0 Å². The van der Waals surface area contributed by atoms with E-state index < -0.39 is 0 Å². The molecule has 0 radical (unpaired) electrons. The van der Waals surface area contributed by atoms with E-state index in [1.54, 1.807) is 6.19 Å². The second-order valence-electron chi connectivity index (χ2n) is 3.69. The summed E-state index contributed by atoms with van der Waals surface area (Å²) in [6, 6.07) is 9.48. The molecule has 1 aromatic carbocycles. The van der Waals surface area contributed by atoms with Crippen LogP contribution in [0.5, 0.6) is 5.75 Å². The summed E-state index contributed by atoms with van der Waals surface area (Å²) < 4.78 is 5.42. The lowest BCUT2D eigenvalue weighted by atomic mass is 10.2. The van der Waals surface area contributed by atoms with E-state index in [0.717, 1.165) is 0 Å². The minimum absolute atomic E-state index is 0.238. The quantitative estimate of drug-likeness (QED) is 0.365. The van der Waals surface area contributed by atoms with Gasteiger partial charge in [-0.2, -0.15) is 5.26 Å². The molecule has 0 fully saturated rings. The first kappa shape index (κ1) is 12.1. The van der Waals surface area contributed by atoms with Crippen LogP contribution in [0, 0.1) is 17.4 Å². The normalized spacial score (nSPS) is 11.0. The summed E-state index contributed by atoms with van der Waals surface area (Å²) in [5.74, 6) is 1.09. The van der Waals surface area contributed by atoms with Crippen molar-refractivity contribution in [1.29, 1.82) is 5.26 Å². The van der Waals surface area contributed by atoms with E-state index >= 15 is 0 Å². The molecule has 0 heterocycles. The molecule has 0 saturated heterocycles. The van der Waals surface area contributed by atoms with Crippen molar-refractivity contribution in [3.05, 3.63) is 30.3 Å². The van der Waals surface area contributed by atoms with Crippen LogP contribution in [0.2, 0.25) is 0 Å². The maximum absolute atomic E-state index is 8.56. The molecule has 84 valence electrons. The lowest BCUT2D eigenvalue weighted by Gasteiger charge is -2.07. The van der Waals surface area contributed by atoms with Gasteiger partial charge in [0.1, 0.15) is 5.75 Å². The molecule has 0 amide bonds. The third-order valence-corrected chi connectivity index (χ3v) is 1.72. The number of ether oxygens (including phenoxy) is 1. The second-order valence-corrected chi connectivity index (χ2v) is 3.69. The lowest BCUT2D eigenvalue weighted by molar-refractivity contribution is 0.519. The van der Waals surface area contributed by atoms with Gasteiger partial charge in [-0.15, -0.1) is 0 Å². The van der Waals surface area contributed by atoms with Crippen LogP contribution in [-0.2, 0) is 0 Å². The summed E-state index contributed by atoms with van der Waals surface area (Å²) in [6.45, 7) is 4.73. The molecule has 0 aliphatic carbocycles. The van der Waals surface area contributed by atoms with Crippen LogP contribution in [0.15, 0.2) is 35.3 Å². The topological polar surface area (TPSA) is 57.4 Å². The van der Waals surface area contributed by atoms with Crippen LogP contribution in [0.3, 0.4) is 0 Å². The zero-order chi connectivity index (χ0) is 11.8. The first-order valence-electron chi connectivity index (χ1n) is 5.15. The number of hydrogen-bond acceptors (Lipinski definition) is 3. The SMILES string of the molecule is CC(C)CN=C(NC#N)Oc1ccccc1. The Kier molecular flexibility index (Phi) is 4.87. The fourth-order valence-electron chi connectivity index (χ4n) is 1.01. The average molecular weight is 217 g/mol. The lowest BCUT2D eigenvalue weighted by Crippen LogP contribution is -2.25. The monoisotopic (exact) mass is 217 g/mol. The minimum Gasteiger partial charge on any atom is -0.425 e. The smallest absolute Gasteiger partial charge is 0.303 e. The third-order valence-electron chi connectivity index (χ3n) is 1.72. The van der Waals surface area contributed by atoms with Crippen molar-refractivity contribution in [2.24, 2.45) is 10.9 Å². The Morgan fingerprint density at radius 2 is 2.12 bits per heavy atom. The van der Waals surface area contributed by atoms with Crippen molar-refractivity contribution in [2.45, 2.75) is 13.8 Å². The van der Waals surface area contributed by atoms with Crippen LogP contribution < -0.4 is 10.1 Å². The maximum Gasteiger partial charge on any atom is 0.303 e. The van der Waals surface area contributed by atoms with Crippen molar-refractivity contribution in [3.8, 4) is 11.9 Å². The first-order chi connectivity index (χ1) is 7.72. The van der Waals surface area contributed by atoms with Crippen molar-refractivity contribution in [2.75, 3.05) is 6.54 Å². The van der Waals surface area contributed by atoms with E-state index in [4.69, 9.17) is 10.00 Å². The van der Waals surface area contributed by atoms with Gasteiger partial charge in [-0.3, -0.25) is 0 Å². The Bertz CT molecular complexity index is 379. The van der Waals surface area contributed by atoms with Crippen molar-refractivity contribution < 1.29 is 4.74 Å². The summed E-state index contributed by atoms with van der Waals surface area (Å²) >= 11 is 0. The molecule has 16 heavy (non-hydrogen) atoms. The van der Waals surface area contributed by atoms with E-state index in [9.17, 15) is 0 Å². The van der Waals surface area contributed by atoms with Gasteiger partial charge in [0.15, 0.2) is 6.19 Å². The molecule has 1 aromatic rings. The van der Waals surface area contributed by atoms with E-state index in [-0.39, 0.29) is 6.02 Å². The summed E-state index contributed by atoms with van der Waals surface area (Å²) in [5, 5.41) is 11.0. The van der Waals surface area contributed by atoms with Gasteiger partial charge >= 0.3 is 6.02 Å². The van der Waals surface area contributed by atoms with E-state index in [1.807, 2.05) is 30.3 Å². The highest BCUT2D eigenvalue weighted by Crippen LogP contribution is 2.08. The zero-order valence-corrected chi connectivity index (χ0v) is 9.47. The molecule has 4 heteroatoms. The highest BCUT2D eigenvalue weighted by molar-refractivity contribution is 5.77. The van der Waals surface area contributed by atoms with Gasteiger partial charge in [0.05, 0.1) is 0 Å². The third kappa shape index (κ3) is 4.47.